The summed E-state index contributed by atoms with van der Waals surface area (Å²) in [4.78, 5) is 13.0. The van der Waals surface area contributed by atoms with Gasteiger partial charge in [-0.1, -0.05) is 11.3 Å². The van der Waals surface area contributed by atoms with Gasteiger partial charge >= 0.3 is 0 Å². The third-order valence-corrected chi connectivity index (χ3v) is 5.34. The lowest BCUT2D eigenvalue weighted by atomic mass is 9.95. The maximum atomic E-state index is 12.3. The number of ether oxygens (including phenoxy) is 1. The second kappa shape index (κ2) is 5.61. The van der Waals surface area contributed by atoms with Crippen molar-refractivity contribution in [3.05, 3.63) is 34.4 Å². The summed E-state index contributed by atoms with van der Waals surface area (Å²) in [5.41, 5.74) is 0. The van der Waals surface area contributed by atoms with Gasteiger partial charge in [0.25, 0.3) is 11.9 Å². The molecular weight excluding hydrogens is 324 g/mol. The standard InChI is InChI=1S/C15H15ClN2O3S/c16-12-4-5-13(20-12)21-14-6-3-11(22-14)15(19)18-10-7-8-1-2-9(10)17-8/h3-6,8-10,17H,1-2,7H2,(H,18,19). The van der Waals surface area contributed by atoms with E-state index in [-0.39, 0.29) is 17.2 Å². The average molecular weight is 339 g/mol. The summed E-state index contributed by atoms with van der Waals surface area (Å²) in [7, 11) is 0. The molecular formula is C15H15ClN2O3S. The number of nitrogens with one attached hydrogen (secondary N) is 2. The van der Waals surface area contributed by atoms with E-state index in [1.807, 2.05) is 0 Å². The van der Waals surface area contributed by atoms with Gasteiger partial charge in [0, 0.05) is 30.3 Å². The van der Waals surface area contributed by atoms with Crippen LogP contribution >= 0.6 is 22.9 Å². The Kier molecular flexibility index (Phi) is 3.60. The van der Waals surface area contributed by atoms with Gasteiger partial charge in [-0.15, -0.1) is 0 Å². The Bertz CT molecular complexity index is 699. The molecule has 0 aromatic carbocycles. The molecule has 2 bridgehead atoms. The number of thiophene rings is 1. The molecule has 1 amide bonds. The van der Waals surface area contributed by atoms with Crippen molar-refractivity contribution >= 4 is 28.8 Å². The minimum Gasteiger partial charge on any atom is -0.415 e. The van der Waals surface area contributed by atoms with Crippen LogP contribution < -0.4 is 15.4 Å². The predicted octanol–water partition coefficient (Wildman–Crippen LogP) is 3.41. The van der Waals surface area contributed by atoms with Gasteiger partial charge in [0.05, 0.1) is 4.88 Å². The van der Waals surface area contributed by atoms with E-state index in [9.17, 15) is 4.79 Å². The molecule has 2 aromatic heterocycles. The Balaban J connectivity index is 1.39. The zero-order chi connectivity index (χ0) is 15.1. The van der Waals surface area contributed by atoms with E-state index < -0.39 is 0 Å². The van der Waals surface area contributed by atoms with Crippen molar-refractivity contribution in [3.63, 3.8) is 0 Å². The van der Waals surface area contributed by atoms with Crippen LogP contribution in [0.1, 0.15) is 28.9 Å². The topological polar surface area (TPSA) is 63.5 Å². The number of carbonyl (C=O) groups is 1. The third-order valence-electron chi connectivity index (χ3n) is 4.17. The van der Waals surface area contributed by atoms with Crippen LogP contribution in [0, 0.1) is 0 Å². The lowest BCUT2D eigenvalue weighted by Gasteiger charge is -2.20. The average Bonchev–Trinajstić information content (AvgIpc) is 3.24. The van der Waals surface area contributed by atoms with E-state index in [4.69, 9.17) is 20.8 Å². The molecule has 2 fully saturated rings. The zero-order valence-corrected chi connectivity index (χ0v) is 13.2. The number of amides is 1. The van der Waals surface area contributed by atoms with Gasteiger partial charge in [-0.3, -0.25) is 4.79 Å². The molecule has 5 nitrogen and oxygen atoms in total. The van der Waals surface area contributed by atoms with E-state index in [2.05, 4.69) is 10.6 Å². The first kappa shape index (κ1) is 14.1. The molecule has 4 rings (SSSR count). The van der Waals surface area contributed by atoms with Crippen molar-refractivity contribution in [1.29, 1.82) is 0 Å². The van der Waals surface area contributed by atoms with Crippen LogP contribution in [0.5, 0.6) is 11.0 Å². The molecule has 0 saturated carbocycles. The normalized spacial score (nSPS) is 26.3. The van der Waals surface area contributed by atoms with Crippen LogP contribution in [0.4, 0.5) is 0 Å². The van der Waals surface area contributed by atoms with Crippen LogP contribution in [-0.2, 0) is 0 Å². The monoisotopic (exact) mass is 338 g/mol. The fourth-order valence-electron chi connectivity index (χ4n) is 3.17. The van der Waals surface area contributed by atoms with Crippen molar-refractivity contribution < 1.29 is 13.9 Å². The Labute approximate surface area is 136 Å². The molecule has 2 aliphatic heterocycles. The zero-order valence-electron chi connectivity index (χ0n) is 11.7. The molecule has 2 N–H and O–H groups in total. The van der Waals surface area contributed by atoms with Crippen LogP contribution in [-0.4, -0.2) is 24.0 Å². The molecule has 3 unspecified atom stereocenters. The van der Waals surface area contributed by atoms with Crippen molar-refractivity contribution in [3.8, 4) is 11.0 Å². The SMILES string of the molecule is O=C(NC1CC2CCC1N2)c1ccc(Oc2ccc(Cl)o2)s1. The first-order valence-electron chi connectivity index (χ1n) is 7.27. The number of hydrogen-bond donors (Lipinski definition) is 2. The molecule has 2 saturated heterocycles. The molecule has 0 radical (unpaired) electrons. The Morgan fingerprint density at radius 1 is 1.36 bits per heavy atom. The molecule has 22 heavy (non-hydrogen) atoms. The van der Waals surface area contributed by atoms with Crippen LogP contribution in [0.3, 0.4) is 0 Å². The number of rotatable bonds is 4. The second-order valence-corrected chi connectivity index (χ2v) is 7.06. The summed E-state index contributed by atoms with van der Waals surface area (Å²) < 4.78 is 10.7. The van der Waals surface area contributed by atoms with E-state index >= 15 is 0 Å². The van der Waals surface area contributed by atoms with Crippen LogP contribution in [0.25, 0.3) is 0 Å². The largest absolute Gasteiger partial charge is 0.415 e. The van der Waals surface area contributed by atoms with Gasteiger partial charge in [0.2, 0.25) is 0 Å². The molecule has 0 spiro atoms. The summed E-state index contributed by atoms with van der Waals surface area (Å²) in [6, 6.07) is 8.01. The molecule has 2 aromatic rings. The number of hydrogen-bond acceptors (Lipinski definition) is 5. The Morgan fingerprint density at radius 3 is 2.95 bits per heavy atom. The van der Waals surface area contributed by atoms with Gasteiger partial charge in [0.1, 0.15) is 0 Å². The fourth-order valence-corrected chi connectivity index (χ4v) is 4.08. The lowest BCUT2D eigenvalue weighted by molar-refractivity contribution is 0.0935. The highest BCUT2D eigenvalue weighted by Gasteiger charge is 2.39. The van der Waals surface area contributed by atoms with Crippen molar-refractivity contribution in [1.82, 2.24) is 10.6 Å². The molecule has 3 atom stereocenters. The molecule has 0 aliphatic carbocycles. The van der Waals surface area contributed by atoms with Gasteiger partial charge in [0.15, 0.2) is 10.3 Å². The van der Waals surface area contributed by atoms with Crippen LogP contribution in [0.15, 0.2) is 28.7 Å². The van der Waals surface area contributed by atoms with Crippen molar-refractivity contribution in [2.45, 2.75) is 37.4 Å². The highest BCUT2D eigenvalue weighted by molar-refractivity contribution is 7.15. The molecule has 7 heteroatoms. The van der Waals surface area contributed by atoms with Gasteiger partial charge < -0.3 is 19.8 Å². The number of halogens is 1. The molecule has 4 heterocycles. The van der Waals surface area contributed by atoms with E-state index in [0.29, 0.717) is 28.0 Å². The van der Waals surface area contributed by atoms with Crippen molar-refractivity contribution in [2.75, 3.05) is 0 Å². The highest BCUT2D eigenvalue weighted by Crippen LogP contribution is 2.32. The number of fused-ring (bicyclic) bond motifs is 2. The Hall–Kier alpha value is -1.50. The smallest absolute Gasteiger partial charge is 0.292 e. The first-order valence-corrected chi connectivity index (χ1v) is 8.47. The molecule has 2 aliphatic rings. The summed E-state index contributed by atoms with van der Waals surface area (Å²) >= 11 is 6.99. The number of carbonyl (C=O) groups excluding carboxylic acids is 1. The van der Waals surface area contributed by atoms with Gasteiger partial charge in [-0.2, -0.15) is 0 Å². The molecule has 116 valence electrons. The van der Waals surface area contributed by atoms with E-state index in [1.54, 1.807) is 24.3 Å². The van der Waals surface area contributed by atoms with E-state index in [1.165, 1.54) is 17.8 Å². The summed E-state index contributed by atoms with van der Waals surface area (Å²) in [6.07, 6.45) is 3.39. The summed E-state index contributed by atoms with van der Waals surface area (Å²) in [6.45, 7) is 0. The van der Waals surface area contributed by atoms with Gasteiger partial charge in [-0.05, 0) is 43.0 Å². The minimum absolute atomic E-state index is 0.0447. The quantitative estimate of drug-likeness (QED) is 0.896. The Morgan fingerprint density at radius 2 is 2.27 bits per heavy atom. The van der Waals surface area contributed by atoms with Gasteiger partial charge in [-0.25, -0.2) is 0 Å². The highest BCUT2D eigenvalue weighted by atomic mass is 35.5. The first-order chi connectivity index (χ1) is 10.7. The fraction of sp³-hybridized carbons (Fsp3) is 0.400. The second-order valence-electron chi connectivity index (χ2n) is 5.64. The maximum Gasteiger partial charge on any atom is 0.292 e. The van der Waals surface area contributed by atoms with Crippen LogP contribution in [0.2, 0.25) is 5.22 Å². The predicted molar refractivity (Wildman–Crippen MR) is 83.9 cm³/mol. The lowest BCUT2D eigenvalue weighted by Crippen LogP contribution is -2.42. The number of furan rings is 1. The third kappa shape index (κ3) is 2.74. The maximum absolute atomic E-state index is 12.3. The summed E-state index contributed by atoms with van der Waals surface area (Å²) in [5.74, 6) is 0.271. The van der Waals surface area contributed by atoms with Crippen molar-refractivity contribution in [2.24, 2.45) is 0 Å². The minimum atomic E-state index is -0.0447. The van der Waals surface area contributed by atoms with E-state index in [0.717, 1.165) is 12.8 Å². The summed E-state index contributed by atoms with van der Waals surface area (Å²) in [5, 5.41) is 7.50.